The van der Waals surface area contributed by atoms with Gasteiger partial charge >= 0.3 is 0 Å². The normalized spacial score (nSPS) is 16.0. The maximum atomic E-state index is 11.2. The van der Waals surface area contributed by atoms with Crippen molar-refractivity contribution in [3.63, 3.8) is 0 Å². The van der Waals surface area contributed by atoms with Gasteiger partial charge in [-0.15, -0.1) is 0 Å². The van der Waals surface area contributed by atoms with Crippen LogP contribution in [0.3, 0.4) is 0 Å². The van der Waals surface area contributed by atoms with Gasteiger partial charge in [0.2, 0.25) is 11.8 Å². The van der Waals surface area contributed by atoms with Crippen molar-refractivity contribution < 1.29 is 9.59 Å². The summed E-state index contributed by atoms with van der Waals surface area (Å²) in [5.74, 6) is -0.508. The number of fused-ring (bicyclic) bond motifs is 1. The lowest BCUT2D eigenvalue weighted by Crippen LogP contribution is -2.30. The van der Waals surface area contributed by atoms with Gasteiger partial charge in [0, 0.05) is 12.2 Å². The van der Waals surface area contributed by atoms with Crippen LogP contribution in [0.15, 0.2) is 24.3 Å². The summed E-state index contributed by atoms with van der Waals surface area (Å²) in [6, 6.07) is 7.42. The van der Waals surface area contributed by atoms with Crippen molar-refractivity contribution in [2.75, 3.05) is 5.32 Å². The van der Waals surface area contributed by atoms with Crippen molar-refractivity contribution in [1.29, 1.82) is 0 Å². The average Bonchev–Trinajstić information content (AvgIpc) is 2.14. The summed E-state index contributed by atoms with van der Waals surface area (Å²) in [4.78, 5) is 22.3. The summed E-state index contributed by atoms with van der Waals surface area (Å²) in [6.45, 7) is 0.468. The van der Waals surface area contributed by atoms with Crippen LogP contribution in [0.5, 0.6) is 0 Å². The Morgan fingerprint density at radius 1 is 1.07 bits per heavy atom. The lowest BCUT2D eigenvalue weighted by molar-refractivity contribution is -0.127. The largest absolute Gasteiger partial charge is 0.351 e. The van der Waals surface area contributed by atoms with Gasteiger partial charge in [-0.2, -0.15) is 0 Å². The third-order valence-electron chi connectivity index (χ3n) is 2.09. The molecule has 0 atom stereocenters. The van der Waals surface area contributed by atoms with Crippen LogP contribution in [-0.4, -0.2) is 11.8 Å². The maximum absolute atomic E-state index is 11.2. The van der Waals surface area contributed by atoms with Crippen LogP contribution in [0.2, 0.25) is 0 Å². The van der Waals surface area contributed by atoms with Crippen molar-refractivity contribution in [3.05, 3.63) is 29.8 Å². The second-order valence-electron chi connectivity index (χ2n) is 3.16. The molecule has 1 aliphatic heterocycles. The lowest BCUT2D eigenvalue weighted by Gasteiger charge is -2.14. The van der Waals surface area contributed by atoms with E-state index in [1.807, 2.05) is 24.3 Å². The number of carbonyl (C=O) groups is 2. The zero-order valence-electron chi connectivity index (χ0n) is 7.54. The van der Waals surface area contributed by atoms with Gasteiger partial charge in [-0.05, 0) is 11.6 Å². The van der Waals surface area contributed by atoms with Gasteiger partial charge in [0.05, 0.1) is 0 Å². The van der Waals surface area contributed by atoms with E-state index < -0.39 is 0 Å². The van der Waals surface area contributed by atoms with Crippen molar-refractivity contribution in [2.24, 2.45) is 0 Å². The van der Waals surface area contributed by atoms with Gasteiger partial charge in [0.15, 0.2) is 0 Å². The van der Waals surface area contributed by atoms with E-state index in [4.69, 9.17) is 0 Å². The Bertz CT molecular complexity index is 387. The first-order valence-electron chi connectivity index (χ1n) is 4.40. The fourth-order valence-electron chi connectivity index (χ4n) is 1.39. The van der Waals surface area contributed by atoms with Gasteiger partial charge < -0.3 is 10.6 Å². The molecule has 0 unspecified atom stereocenters. The molecule has 2 amide bonds. The van der Waals surface area contributed by atoms with Crippen LogP contribution in [0.4, 0.5) is 5.69 Å². The number of hydrogen-bond acceptors (Lipinski definition) is 2. The Balaban J connectivity index is 2.33. The molecule has 0 radical (unpaired) electrons. The Labute approximate surface area is 81.3 Å². The summed E-state index contributed by atoms with van der Waals surface area (Å²) < 4.78 is 0. The SMILES string of the molecule is O=C1CC(=O)Nc2ccccc2CN1. The molecule has 4 nitrogen and oxygen atoms in total. The molecule has 0 saturated carbocycles. The van der Waals surface area contributed by atoms with E-state index >= 15 is 0 Å². The second kappa shape index (κ2) is 3.49. The highest BCUT2D eigenvalue weighted by Crippen LogP contribution is 2.16. The van der Waals surface area contributed by atoms with Gasteiger partial charge in [-0.3, -0.25) is 9.59 Å². The number of benzene rings is 1. The summed E-state index contributed by atoms with van der Waals surface area (Å²) in [7, 11) is 0. The standard InChI is InChI=1S/C10H10N2O2/c13-9-5-10(14)12-8-4-2-1-3-7(8)6-11-9/h1-4H,5-6H2,(H,11,13)(H,12,14). The molecule has 4 heteroatoms. The number of amides is 2. The zero-order valence-corrected chi connectivity index (χ0v) is 7.54. The smallest absolute Gasteiger partial charge is 0.233 e. The van der Waals surface area contributed by atoms with Crippen molar-refractivity contribution in [2.45, 2.75) is 13.0 Å². The van der Waals surface area contributed by atoms with E-state index in [0.29, 0.717) is 6.54 Å². The Morgan fingerprint density at radius 3 is 2.71 bits per heavy atom. The van der Waals surface area contributed by atoms with Crippen LogP contribution in [0.25, 0.3) is 0 Å². The van der Waals surface area contributed by atoms with Crippen LogP contribution < -0.4 is 10.6 Å². The number of carbonyl (C=O) groups excluding carboxylic acids is 2. The third kappa shape index (κ3) is 1.74. The number of para-hydroxylation sites is 1. The Hall–Kier alpha value is -1.84. The van der Waals surface area contributed by atoms with E-state index in [1.165, 1.54) is 0 Å². The first-order valence-corrected chi connectivity index (χ1v) is 4.40. The summed E-state index contributed by atoms with van der Waals surface area (Å²) in [5, 5.41) is 5.36. The van der Waals surface area contributed by atoms with Gasteiger partial charge in [-0.25, -0.2) is 0 Å². The van der Waals surface area contributed by atoms with E-state index in [1.54, 1.807) is 0 Å². The van der Waals surface area contributed by atoms with Gasteiger partial charge in [-0.1, -0.05) is 18.2 Å². The highest BCUT2D eigenvalue weighted by atomic mass is 16.2. The number of anilines is 1. The molecule has 1 heterocycles. The fourth-order valence-corrected chi connectivity index (χ4v) is 1.39. The van der Waals surface area contributed by atoms with Crippen LogP contribution in [0.1, 0.15) is 12.0 Å². The van der Waals surface area contributed by atoms with E-state index in [-0.39, 0.29) is 18.2 Å². The first kappa shape index (κ1) is 8.74. The minimum atomic E-state index is -0.269. The highest BCUT2D eigenvalue weighted by molar-refractivity contribution is 6.04. The molecule has 0 aliphatic carbocycles. The number of rotatable bonds is 0. The van der Waals surface area contributed by atoms with E-state index in [0.717, 1.165) is 11.3 Å². The molecule has 1 aromatic carbocycles. The van der Waals surface area contributed by atoms with Crippen LogP contribution in [0, 0.1) is 0 Å². The molecule has 0 saturated heterocycles. The molecule has 2 N–H and O–H groups in total. The predicted octanol–water partition coefficient (Wildman–Crippen LogP) is 0.645. The minimum absolute atomic E-state index is 0.103. The van der Waals surface area contributed by atoms with E-state index in [9.17, 15) is 9.59 Å². The summed E-state index contributed by atoms with van der Waals surface area (Å²) >= 11 is 0. The summed E-state index contributed by atoms with van der Waals surface area (Å²) in [6.07, 6.45) is -0.103. The van der Waals surface area contributed by atoms with Crippen molar-refractivity contribution >= 4 is 17.5 Å². The third-order valence-corrected chi connectivity index (χ3v) is 2.09. The maximum Gasteiger partial charge on any atom is 0.233 e. The Kier molecular flexibility index (Phi) is 2.18. The number of nitrogens with one attached hydrogen (secondary N) is 2. The molecular weight excluding hydrogens is 180 g/mol. The second-order valence-corrected chi connectivity index (χ2v) is 3.16. The number of hydrogen-bond donors (Lipinski definition) is 2. The summed E-state index contributed by atoms with van der Waals surface area (Å²) in [5.41, 5.74) is 1.70. The van der Waals surface area contributed by atoms with Crippen LogP contribution >= 0.6 is 0 Å². The molecule has 0 aromatic heterocycles. The molecule has 2 rings (SSSR count). The first-order chi connectivity index (χ1) is 6.75. The van der Waals surface area contributed by atoms with Crippen LogP contribution in [-0.2, 0) is 16.1 Å². The molecule has 1 aliphatic rings. The quantitative estimate of drug-likeness (QED) is 0.590. The molecule has 1 aromatic rings. The van der Waals surface area contributed by atoms with Crippen molar-refractivity contribution in [1.82, 2.24) is 5.32 Å². The predicted molar refractivity (Wildman–Crippen MR) is 51.5 cm³/mol. The monoisotopic (exact) mass is 190 g/mol. The molecule has 72 valence electrons. The molecular formula is C10H10N2O2. The molecule has 14 heavy (non-hydrogen) atoms. The van der Waals surface area contributed by atoms with Gasteiger partial charge in [0.25, 0.3) is 0 Å². The molecule has 0 spiro atoms. The molecule has 0 fully saturated rings. The zero-order chi connectivity index (χ0) is 9.97. The Morgan fingerprint density at radius 2 is 1.86 bits per heavy atom. The highest BCUT2D eigenvalue weighted by Gasteiger charge is 2.14. The van der Waals surface area contributed by atoms with Crippen molar-refractivity contribution in [3.8, 4) is 0 Å². The van der Waals surface area contributed by atoms with E-state index in [2.05, 4.69) is 10.6 Å². The van der Waals surface area contributed by atoms with Gasteiger partial charge in [0.1, 0.15) is 6.42 Å². The lowest BCUT2D eigenvalue weighted by atomic mass is 10.1. The fraction of sp³-hybridized carbons (Fsp3) is 0.200. The topological polar surface area (TPSA) is 58.2 Å². The molecule has 0 bridgehead atoms. The minimum Gasteiger partial charge on any atom is -0.351 e. The average molecular weight is 190 g/mol.